The number of nitrogens with one attached hydrogen (secondary N) is 2. The number of halogens is 2. The Hall–Kier alpha value is -2.99. The van der Waals surface area contributed by atoms with Gasteiger partial charge in [0.25, 0.3) is 0 Å². The van der Waals surface area contributed by atoms with Crippen LogP contribution in [0.15, 0.2) is 59.5 Å². The van der Waals surface area contributed by atoms with E-state index >= 15 is 0 Å². The molecule has 0 radical (unpaired) electrons. The zero-order chi connectivity index (χ0) is 19.7. The molecule has 144 valence electrons. The molecule has 0 aliphatic carbocycles. The second-order valence-electron chi connectivity index (χ2n) is 6.73. The van der Waals surface area contributed by atoms with E-state index in [1.807, 2.05) is 17.2 Å². The molecule has 0 atom stereocenters. The molecule has 2 aromatic carbocycles. The number of aliphatic imine (C=N–C) groups is 1. The van der Waals surface area contributed by atoms with Crippen molar-refractivity contribution in [3.8, 4) is 0 Å². The van der Waals surface area contributed by atoms with Crippen LogP contribution >= 0.6 is 11.6 Å². The van der Waals surface area contributed by atoms with E-state index in [1.54, 1.807) is 25.4 Å². The maximum Gasteiger partial charge on any atom is 0.203 e. The third kappa shape index (κ3) is 3.68. The fourth-order valence-corrected chi connectivity index (χ4v) is 3.47. The first-order valence-corrected chi connectivity index (χ1v) is 9.26. The lowest BCUT2D eigenvalue weighted by Crippen LogP contribution is -2.39. The molecule has 0 saturated heterocycles. The molecule has 0 unspecified atom stereocenters. The molecular formula is C21H20ClFN4O. The Balaban J connectivity index is 1.65. The number of methoxy groups -OCH3 is 1. The van der Waals surface area contributed by atoms with E-state index in [0.717, 1.165) is 33.5 Å². The van der Waals surface area contributed by atoms with E-state index in [1.165, 1.54) is 6.07 Å². The number of rotatable bonds is 4. The first-order chi connectivity index (χ1) is 13.5. The monoisotopic (exact) mass is 398 g/mol. The van der Waals surface area contributed by atoms with Crippen LogP contribution in [0.5, 0.6) is 0 Å². The van der Waals surface area contributed by atoms with Gasteiger partial charge in [0.1, 0.15) is 11.6 Å². The highest BCUT2D eigenvalue weighted by molar-refractivity contribution is 6.30. The van der Waals surface area contributed by atoms with Gasteiger partial charge < -0.3 is 19.9 Å². The van der Waals surface area contributed by atoms with E-state index in [0.29, 0.717) is 19.0 Å². The highest BCUT2D eigenvalue weighted by Crippen LogP contribution is 2.26. The molecule has 1 aliphatic rings. The van der Waals surface area contributed by atoms with Crippen molar-refractivity contribution in [2.45, 2.75) is 13.5 Å². The Kier molecular flexibility index (Phi) is 4.96. The van der Waals surface area contributed by atoms with Gasteiger partial charge in [-0.2, -0.15) is 0 Å². The summed E-state index contributed by atoms with van der Waals surface area (Å²) in [6, 6.07) is 11.0. The third-order valence-corrected chi connectivity index (χ3v) is 4.95. The molecule has 0 amide bonds. The Morgan fingerprint density at radius 2 is 2.14 bits per heavy atom. The van der Waals surface area contributed by atoms with Crippen molar-refractivity contribution in [3.63, 3.8) is 0 Å². The number of guanidine groups is 1. The lowest BCUT2D eigenvalue weighted by molar-refractivity contribution is 0.246. The van der Waals surface area contributed by atoms with E-state index in [9.17, 15) is 4.39 Å². The number of aromatic nitrogens is 1. The van der Waals surface area contributed by atoms with Crippen molar-refractivity contribution < 1.29 is 9.13 Å². The topological polar surface area (TPSA) is 52.6 Å². The molecule has 2 N–H and O–H groups in total. The van der Waals surface area contributed by atoms with E-state index in [4.69, 9.17) is 16.3 Å². The predicted octanol–water partition coefficient (Wildman–Crippen LogP) is 5.04. The van der Waals surface area contributed by atoms with Gasteiger partial charge in [0.2, 0.25) is 5.96 Å². The van der Waals surface area contributed by atoms with Crippen molar-refractivity contribution in [1.82, 2.24) is 9.88 Å². The predicted molar refractivity (Wildman–Crippen MR) is 111 cm³/mol. The summed E-state index contributed by atoms with van der Waals surface area (Å²) in [6.45, 7) is 3.10. The van der Waals surface area contributed by atoms with Crippen LogP contribution in [0, 0.1) is 12.7 Å². The van der Waals surface area contributed by atoms with Crippen LogP contribution in [-0.4, -0.2) is 29.5 Å². The molecule has 1 aromatic heterocycles. The van der Waals surface area contributed by atoms with Crippen molar-refractivity contribution >= 4 is 34.2 Å². The average molecular weight is 399 g/mol. The van der Waals surface area contributed by atoms with E-state index in [2.05, 4.69) is 34.3 Å². The van der Waals surface area contributed by atoms with Crippen LogP contribution in [0.4, 0.5) is 10.1 Å². The van der Waals surface area contributed by atoms with Gasteiger partial charge in [0.05, 0.1) is 30.6 Å². The highest BCUT2D eigenvalue weighted by Gasteiger charge is 2.20. The number of anilines is 1. The minimum atomic E-state index is -0.428. The Morgan fingerprint density at radius 1 is 1.29 bits per heavy atom. The minimum absolute atomic E-state index is 0.108. The van der Waals surface area contributed by atoms with Crippen LogP contribution in [0.1, 0.15) is 11.1 Å². The largest absolute Gasteiger partial charge is 0.498 e. The van der Waals surface area contributed by atoms with Gasteiger partial charge in [0, 0.05) is 23.6 Å². The third-order valence-electron chi connectivity index (χ3n) is 4.66. The van der Waals surface area contributed by atoms with Gasteiger partial charge in [-0.3, -0.25) is 0 Å². The summed E-state index contributed by atoms with van der Waals surface area (Å²) >= 11 is 5.94. The van der Waals surface area contributed by atoms with Crippen LogP contribution in [0.2, 0.25) is 5.02 Å². The van der Waals surface area contributed by atoms with Crippen LogP contribution in [0.3, 0.4) is 0 Å². The van der Waals surface area contributed by atoms with Crippen LogP contribution in [-0.2, 0) is 11.3 Å². The summed E-state index contributed by atoms with van der Waals surface area (Å²) in [4.78, 5) is 9.81. The van der Waals surface area contributed by atoms with Crippen LogP contribution < -0.4 is 5.32 Å². The molecule has 0 bridgehead atoms. The van der Waals surface area contributed by atoms with Crippen molar-refractivity contribution in [1.29, 1.82) is 0 Å². The smallest absolute Gasteiger partial charge is 0.203 e. The average Bonchev–Trinajstić information content (AvgIpc) is 3.14. The number of aromatic amines is 1. The molecule has 7 heteroatoms. The molecular weight excluding hydrogens is 379 g/mol. The number of nitrogens with zero attached hydrogens (tertiary/aromatic N) is 2. The Bertz CT molecular complexity index is 1090. The number of fused-ring (bicyclic) bond motifs is 1. The summed E-state index contributed by atoms with van der Waals surface area (Å²) in [7, 11) is 1.62. The number of hydrogen-bond donors (Lipinski definition) is 2. The number of benzene rings is 2. The summed E-state index contributed by atoms with van der Waals surface area (Å²) in [6.07, 6.45) is 3.62. The fraction of sp³-hybridized carbons (Fsp3) is 0.190. The number of H-pyrrole nitrogens is 1. The second kappa shape index (κ2) is 7.56. The van der Waals surface area contributed by atoms with Crippen molar-refractivity contribution in [2.75, 3.05) is 19.0 Å². The van der Waals surface area contributed by atoms with Gasteiger partial charge in [-0.25, -0.2) is 9.38 Å². The minimum Gasteiger partial charge on any atom is -0.498 e. The van der Waals surface area contributed by atoms with Crippen molar-refractivity contribution in [3.05, 3.63) is 76.5 Å². The molecule has 4 rings (SSSR count). The van der Waals surface area contributed by atoms with Gasteiger partial charge in [-0.1, -0.05) is 17.7 Å². The van der Waals surface area contributed by atoms with Gasteiger partial charge in [-0.15, -0.1) is 0 Å². The first kappa shape index (κ1) is 18.4. The zero-order valence-electron chi connectivity index (χ0n) is 15.6. The molecule has 3 aromatic rings. The van der Waals surface area contributed by atoms with Crippen molar-refractivity contribution in [2.24, 2.45) is 4.99 Å². The molecule has 5 nitrogen and oxygen atoms in total. The maximum atomic E-state index is 13.5. The number of aryl methyl sites for hydroxylation is 1. The lowest BCUT2D eigenvalue weighted by Gasteiger charge is -2.30. The zero-order valence-corrected chi connectivity index (χ0v) is 16.3. The van der Waals surface area contributed by atoms with E-state index < -0.39 is 5.82 Å². The SMILES string of the molecule is COC1=CN=C(Nc2cc(C)cc3[nH]ccc23)N(Cc2ccc(F)c(Cl)c2)C1. The first-order valence-electron chi connectivity index (χ1n) is 8.88. The summed E-state index contributed by atoms with van der Waals surface area (Å²) in [5.41, 5.74) is 4.04. The standard InChI is InChI=1S/C21H20ClFN4O/c1-13-7-19-16(5-6-24-19)20(8-13)26-21-25-10-15(28-2)12-27(21)11-14-3-4-18(23)17(22)9-14/h3-10,24H,11-12H2,1-2H3,(H,25,26). The van der Waals surface area contributed by atoms with E-state index in [-0.39, 0.29) is 5.02 Å². The molecule has 0 saturated carbocycles. The quantitative estimate of drug-likeness (QED) is 0.647. The Labute approximate surface area is 167 Å². The van der Waals surface area contributed by atoms with Gasteiger partial charge >= 0.3 is 0 Å². The summed E-state index contributed by atoms with van der Waals surface area (Å²) in [5.74, 6) is 1.01. The number of hydrogen-bond acceptors (Lipinski definition) is 4. The summed E-state index contributed by atoms with van der Waals surface area (Å²) < 4.78 is 18.9. The molecule has 28 heavy (non-hydrogen) atoms. The Morgan fingerprint density at radius 3 is 2.93 bits per heavy atom. The molecule has 0 fully saturated rings. The lowest BCUT2D eigenvalue weighted by atomic mass is 10.1. The highest BCUT2D eigenvalue weighted by atomic mass is 35.5. The van der Waals surface area contributed by atoms with Gasteiger partial charge in [0.15, 0.2) is 0 Å². The van der Waals surface area contributed by atoms with Gasteiger partial charge in [-0.05, 0) is 48.4 Å². The molecule has 1 aliphatic heterocycles. The molecule has 2 heterocycles. The van der Waals surface area contributed by atoms with Crippen LogP contribution in [0.25, 0.3) is 10.9 Å². The normalized spacial score (nSPS) is 14.1. The summed E-state index contributed by atoms with van der Waals surface area (Å²) in [5, 5.41) is 4.63. The molecule has 0 spiro atoms. The maximum absolute atomic E-state index is 13.5. The second-order valence-corrected chi connectivity index (χ2v) is 7.14. The number of ether oxygens (including phenoxy) is 1. The fourth-order valence-electron chi connectivity index (χ4n) is 3.27.